The monoisotopic (exact) mass is 464 g/mol. The minimum Gasteiger partial charge on any atom is -0.469 e. The van der Waals surface area contributed by atoms with Crippen LogP contribution in [0.3, 0.4) is 0 Å². The van der Waals surface area contributed by atoms with Gasteiger partial charge < -0.3 is 24.3 Å². The Morgan fingerprint density at radius 3 is 2.58 bits per heavy atom. The first-order valence-electron chi connectivity index (χ1n) is 10.4. The molecule has 1 aliphatic heterocycles. The standard InChI is InChI=1S/C24H24N4O4S/c1-31-20(29)12-15-28-22(21(26-24(28)33)17-9-5-6-13-25-17)19-11-7-14-27(19)18-10-4-3-8-16(18)23(30)32-2/h3-11,13-14,21-22H,12,15H2,1-2H3,(H,26,33)/t21-,22+/m1/s1. The molecule has 1 aromatic carbocycles. The van der Waals surface area contributed by atoms with Crippen molar-refractivity contribution in [3.05, 3.63) is 83.9 Å². The Bertz CT molecular complexity index is 1160. The van der Waals surface area contributed by atoms with Crippen LogP contribution < -0.4 is 5.32 Å². The summed E-state index contributed by atoms with van der Waals surface area (Å²) in [7, 11) is 2.73. The summed E-state index contributed by atoms with van der Waals surface area (Å²) >= 11 is 5.65. The number of rotatable bonds is 7. The summed E-state index contributed by atoms with van der Waals surface area (Å²) in [5.74, 6) is -0.738. The van der Waals surface area contributed by atoms with Crippen molar-refractivity contribution in [3.63, 3.8) is 0 Å². The number of para-hydroxylation sites is 1. The molecule has 8 nitrogen and oxygen atoms in total. The van der Waals surface area contributed by atoms with Gasteiger partial charge in [0.15, 0.2) is 5.11 Å². The van der Waals surface area contributed by atoms with E-state index in [1.165, 1.54) is 14.2 Å². The fraction of sp³-hybridized carbons (Fsp3) is 0.250. The number of hydrogen-bond donors (Lipinski definition) is 1. The quantitative estimate of drug-likeness (QED) is 0.422. The zero-order valence-electron chi connectivity index (χ0n) is 18.3. The molecule has 0 saturated carbocycles. The van der Waals surface area contributed by atoms with Crippen molar-refractivity contribution >= 4 is 29.3 Å². The minimum absolute atomic E-state index is 0.184. The second kappa shape index (κ2) is 9.83. The molecule has 9 heteroatoms. The normalized spacial score (nSPS) is 17.5. The molecule has 1 N–H and O–H groups in total. The van der Waals surface area contributed by atoms with Crippen molar-refractivity contribution < 1.29 is 19.1 Å². The molecule has 0 unspecified atom stereocenters. The second-order valence-corrected chi connectivity index (χ2v) is 7.84. The number of thiocarbonyl (C=S) groups is 1. The third-order valence-corrected chi connectivity index (χ3v) is 5.99. The number of esters is 2. The Kier molecular flexibility index (Phi) is 6.69. The van der Waals surface area contributed by atoms with Crippen LogP contribution >= 0.6 is 12.2 Å². The Labute approximate surface area is 197 Å². The molecule has 1 fully saturated rings. The lowest BCUT2D eigenvalue weighted by Gasteiger charge is -2.29. The molecule has 33 heavy (non-hydrogen) atoms. The number of pyridine rings is 1. The summed E-state index contributed by atoms with van der Waals surface area (Å²) in [6.45, 7) is 0.371. The van der Waals surface area contributed by atoms with Crippen molar-refractivity contribution in [3.8, 4) is 5.69 Å². The number of methoxy groups -OCH3 is 2. The Morgan fingerprint density at radius 1 is 1.06 bits per heavy atom. The number of aromatic nitrogens is 2. The van der Waals surface area contributed by atoms with Crippen molar-refractivity contribution in [1.29, 1.82) is 0 Å². The Morgan fingerprint density at radius 2 is 1.85 bits per heavy atom. The van der Waals surface area contributed by atoms with E-state index < -0.39 is 5.97 Å². The molecule has 0 spiro atoms. The highest BCUT2D eigenvalue weighted by Crippen LogP contribution is 2.39. The van der Waals surface area contributed by atoms with Crippen molar-refractivity contribution in [2.24, 2.45) is 0 Å². The maximum Gasteiger partial charge on any atom is 0.339 e. The molecule has 2 atom stereocenters. The van der Waals surface area contributed by atoms with Gasteiger partial charge in [0.1, 0.15) is 0 Å². The third-order valence-electron chi connectivity index (χ3n) is 5.63. The van der Waals surface area contributed by atoms with Crippen molar-refractivity contribution in [2.45, 2.75) is 18.5 Å². The molecule has 0 aliphatic carbocycles. The number of nitrogens with one attached hydrogen (secondary N) is 1. The molecule has 4 rings (SSSR count). The van der Waals surface area contributed by atoms with Crippen LogP contribution in [0, 0.1) is 0 Å². The lowest BCUT2D eigenvalue weighted by Crippen LogP contribution is -2.32. The molecular formula is C24H24N4O4S. The average molecular weight is 465 g/mol. The van der Waals surface area contributed by atoms with Crippen LogP contribution in [-0.2, 0) is 14.3 Å². The van der Waals surface area contributed by atoms with Crippen LogP contribution in [0.4, 0.5) is 0 Å². The van der Waals surface area contributed by atoms with E-state index in [2.05, 4.69) is 10.3 Å². The molecule has 3 heterocycles. The second-order valence-electron chi connectivity index (χ2n) is 7.46. The summed E-state index contributed by atoms with van der Waals surface area (Å²) < 4.78 is 11.8. The fourth-order valence-electron chi connectivity index (χ4n) is 4.10. The van der Waals surface area contributed by atoms with E-state index >= 15 is 0 Å². The van der Waals surface area contributed by atoms with E-state index in [4.69, 9.17) is 21.7 Å². The van der Waals surface area contributed by atoms with Crippen molar-refractivity contribution in [1.82, 2.24) is 19.8 Å². The van der Waals surface area contributed by atoms with Crippen LogP contribution in [0.2, 0.25) is 0 Å². The summed E-state index contributed by atoms with van der Waals surface area (Å²) in [4.78, 5) is 30.8. The lowest BCUT2D eigenvalue weighted by molar-refractivity contribution is -0.140. The summed E-state index contributed by atoms with van der Waals surface area (Å²) in [5.41, 5.74) is 2.84. The van der Waals surface area contributed by atoms with Gasteiger partial charge in [-0.05, 0) is 48.6 Å². The molecular weight excluding hydrogens is 440 g/mol. The molecule has 0 radical (unpaired) electrons. The smallest absolute Gasteiger partial charge is 0.339 e. The number of hydrogen-bond acceptors (Lipinski definition) is 6. The molecule has 1 saturated heterocycles. The highest BCUT2D eigenvalue weighted by Gasteiger charge is 2.41. The van der Waals surface area contributed by atoms with E-state index in [9.17, 15) is 9.59 Å². The maximum atomic E-state index is 12.4. The topological polar surface area (TPSA) is 85.7 Å². The van der Waals surface area contributed by atoms with Crippen LogP contribution in [0.1, 0.15) is 40.3 Å². The predicted octanol–water partition coefficient (Wildman–Crippen LogP) is 3.19. The number of nitrogens with zero attached hydrogens (tertiary/aromatic N) is 3. The number of ether oxygens (including phenoxy) is 2. The number of carbonyl (C=O) groups excluding carboxylic acids is 2. The molecule has 170 valence electrons. The molecule has 0 bridgehead atoms. The number of benzene rings is 1. The van der Waals surface area contributed by atoms with E-state index in [-0.39, 0.29) is 24.5 Å². The lowest BCUT2D eigenvalue weighted by atomic mass is 10.0. The minimum atomic E-state index is -0.422. The number of carbonyl (C=O) groups is 2. The first kappa shape index (κ1) is 22.5. The van der Waals surface area contributed by atoms with Crippen LogP contribution in [0.15, 0.2) is 67.0 Å². The van der Waals surface area contributed by atoms with Crippen LogP contribution in [0.5, 0.6) is 0 Å². The van der Waals surface area contributed by atoms with E-state index in [0.717, 1.165) is 11.4 Å². The summed E-state index contributed by atoms with van der Waals surface area (Å²) in [6.07, 6.45) is 3.81. The fourth-order valence-corrected chi connectivity index (χ4v) is 4.43. The average Bonchev–Trinajstić information content (AvgIpc) is 3.46. The van der Waals surface area contributed by atoms with E-state index in [1.54, 1.807) is 18.3 Å². The van der Waals surface area contributed by atoms with Gasteiger partial charge in [0.05, 0.1) is 49.7 Å². The van der Waals surface area contributed by atoms with Gasteiger partial charge in [-0.1, -0.05) is 18.2 Å². The summed E-state index contributed by atoms with van der Waals surface area (Å²) in [6, 6.07) is 16.3. The molecule has 1 aliphatic rings. The largest absolute Gasteiger partial charge is 0.469 e. The van der Waals surface area contributed by atoms with E-state index in [1.807, 2.05) is 58.1 Å². The van der Waals surface area contributed by atoms with Gasteiger partial charge in [-0.15, -0.1) is 0 Å². The van der Waals surface area contributed by atoms with Gasteiger partial charge in [-0.25, -0.2) is 4.79 Å². The highest BCUT2D eigenvalue weighted by atomic mass is 32.1. The van der Waals surface area contributed by atoms with E-state index in [0.29, 0.717) is 22.9 Å². The zero-order valence-corrected chi connectivity index (χ0v) is 19.1. The van der Waals surface area contributed by atoms with Gasteiger partial charge in [0.25, 0.3) is 0 Å². The third kappa shape index (κ3) is 4.45. The molecule has 3 aromatic rings. The highest BCUT2D eigenvalue weighted by molar-refractivity contribution is 7.80. The van der Waals surface area contributed by atoms with Gasteiger partial charge in [0, 0.05) is 24.6 Å². The first-order valence-corrected chi connectivity index (χ1v) is 10.9. The Hall–Kier alpha value is -3.72. The SMILES string of the molecule is COC(=O)CCN1C(=S)N[C@H](c2ccccn2)[C@@H]1c1cccn1-c1ccccc1C(=O)OC. The van der Waals surface area contributed by atoms with Gasteiger partial charge >= 0.3 is 11.9 Å². The summed E-state index contributed by atoms with van der Waals surface area (Å²) in [5, 5.41) is 3.89. The van der Waals surface area contributed by atoms with Crippen molar-refractivity contribution in [2.75, 3.05) is 20.8 Å². The molecule has 0 amide bonds. The van der Waals surface area contributed by atoms with Crippen LogP contribution in [0.25, 0.3) is 5.69 Å². The molecule has 2 aromatic heterocycles. The maximum absolute atomic E-state index is 12.4. The van der Waals surface area contributed by atoms with Gasteiger partial charge in [-0.3, -0.25) is 9.78 Å². The Balaban J connectivity index is 1.81. The van der Waals surface area contributed by atoms with Gasteiger partial charge in [0.2, 0.25) is 0 Å². The predicted molar refractivity (Wildman–Crippen MR) is 126 cm³/mol. The zero-order chi connectivity index (χ0) is 23.4. The first-order chi connectivity index (χ1) is 16.0. The van der Waals surface area contributed by atoms with Crippen LogP contribution in [-0.4, -0.2) is 52.3 Å². The van der Waals surface area contributed by atoms with Gasteiger partial charge in [-0.2, -0.15) is 0 Å².